The van der Waals surface area contributed by atoms with Crippen LogP contribution < -0.4 is 11.1 Å². The Bertz CT molecular complexity index is 587. The van der Waals surface area contributed by atoms with Crippen LogP contribution in [0.5, 0.6) is 0 Å². The molecule has 1 heterocycles. The fourth-order valence-corrected chi connectivity index (χ4v) is 1.98. The van der Waals surface area contributed by atoms with E-state index in [2.05, 4.69) is 9.88 Å². The van der Waals surface area contributed by atoms with Gasteiger partial charge in [-0.05, 0) is 36.8 Å². The second kappa shape index (κ2) is 5.61. The number of carbonyl (C=O) groups excluding carboxylic acids is 1. The van der Waals surface area contributed by atoms with E-state index >= 15 is 0 Å². The van der Waals surface area contributed by atoms with E-state index in [0.29, 0.717) is 18.7 Å². The quantitative estimate of drug-likeness (QED) is 0.820. The van der Waals surface area contributed by atoms with E-state index in [1.54, 1.807) is 0 Å². The third-order valence-corrected chi connectivity index (χ3v) is 3.26. The maximum absolute atomic E-state index is 11.9. The monoisotopic (exact) mass is 257 g/mol. The summed E-state index contributed by atoms with van der Waals surface area (Å²) in [5.41, 5.74) is 9.58. The highest BCUT2D eigenvalue weighted by atomic mass is 16.1. The number of anilines is 1. The van der Waals surface area contributed by atoms with E-state index in [1.165, 1.54) is 5.69 Å². The summed E-state index contributed by atoms with van der Waals surface area (Å²) in [5.74, 6) is 0.00412. The molecule has 1 aromatic carbocycles. The maximum Gasteiger partial charge on any atom is 0.224 e. The summed E-state index contributed by atoms with van der Waals surface area (Å²) in [5, 5.41) is 2.92. The van der Waals surface area contributed by atoms with Crippen molar-refractivity contribution in [1.82, 2.24) is 9.88 Å². The van der Waals surface area contributed by atoms with Crippen LogP contribution in [0.1, 0.15) is 17.0 Å². The van der Waals surface area contributed by atoms with Crippen molar-refractivity contribution in [3.63, 3.8) is 0 Å². The number of nitrogens with zero attached hydrogens (tertiary/aromatic N) is 1. The predicted molar refractivity (Wildman–Crippen MR) is 76.6 cm³/mol. The van der Waals surface area contributed by atoms with Gasteiger partial charge in [0.2, 0.25) is 5.91 Å². The first-order valence-corrected chi connectivity index (χ1v) is 6.28. The molecule has 0 bridgehead atoms. The smallest absolute Gasteiger partial charge is 0.224 e. The van der Waals surface area contributed by atoms with Crippen LogP contribution in [0.3, 0.4) is 0 Å². The van der Waals surface area contributed by atoms with Gasteiger partial charge in [-0.1, -0.05) is 12.1 Å². The summed E-state index contributed by atoms with van der Waals surface area (Å²) in [6, 6.07) is 11.5. The highest BCUT2D eigenvalue weighted by Gasteiger charge is 2.06. The van der Waals surface area contributed by atoms with E-state index in [1.807, 2.05) is 50.4 Å². The molecule has 1 amide bonds. The Labute approximate surface area is 113 Å². The molecule has 0 atom stereocenters. The van der Waals surface area contributed by atoms with Gasteiger partial charge in [0.25, 0.3) is 0 Å². The third-order valence-electron chi connectivity index (χ3n) is 3.26. The minimum atomic E-state index is 0.00412. The van der Waals surface area contributed by atoms with E-state index < -0.39 is 0 Å². The molecule has 2 rings (SSSR count). The molecule has 19 heavy (non-hydrogen) atoms. The molecule has 2 aromatic rings. The lowest BCUT2D eigenvalue weighted by molar-refractivity contribution is -0.120. The number of carbonyl (C=O) groups is 1. The first-order valence-electron chi connectivity index (χ1n) is 6.28. The number of nitrogen functional groups attached to an aromatic ring is 1. The number of nitrogens with one attached hydrogen (secondary N) is 1. The Balaban J connectivity index is 1.90. The van der Waals surface area contributed by atoms with Crippen LogP contribution >= 0.6 is 0 Å². The Morgan fingerprint density at radius 3 is 2.74 bits per heavy atom. The normalized spacial score (nSPS) is 10.4. The summed E-state index contributed by atoms with van der Waals surface area (Å²) in [4.78, 5) is 11.9. The van der Waals surface area contributed by atoms with Crippen LogP contribution in [-0.2, 0) is 24.8 Å². The highest BCUT2D eigenvalue weighted by molar-refractivity contribution is 5.78. The first kappa shape index (κ1) is 13.2. The van der Waals surface area contributed by atoms with Crippen molar-refractivity contribution < 1.29 is 4.79 Å². The molecule has 0 aliphatic carbocycles. The lowest BCUT2D eigenvalue weighted by Crippen LogP contribution is -2.25. The summed E-state index contributed by atoms with van der Waals surface area (Å²) < 4.78 is 2.07. The van der Waals surface area contributed by atoms with Gasteiger partial charge in [0.05, 0.1) is 13.0 Å². The van der Waals surface area contributed by atoms with Crippen LogP contribution in [0.2, 0.25) is 0 Å². The van der Waals surface area contributed by atoms with Gasteiger partial charge in [0.1, 0.15) is 0 Å². The zero-order chi connectivity index (χ0) is 13.8. The number of aryl methyl sites for hydroxylation is 1. The Hall–Kier alpha value is -2.23. The second-order valence-corrected chi connectivity index (χ2v) is 4.72. The topological polar surface area (TPSA) is 60.1 Å². The third kappa shape index (κ3) is 3.37. The number of hydrogen-bond acceptors (Lipinski definition) is 2. The SMILES string of the molecule is Cc1ccc(CNC(=O)Cc2cccc(N)c2)n1C. The zero-order valence-electron chi connectivity index (χ0n) is 11.3. The number of nitrogens with two attached hydrogens (primary N) is 1. The number of rotatable bonds is 4. The van der Waals surface area contributed by atoms with Gasteiger partial charge >= 0.3 is 0 Å². The fourth-order valence-electron chi connectivity index (χ4n) is 1.98. The van der Waals surface area contributed by atoms with Gasteiger partial charge in [0.15, 0.2) is 0 Å². The van der Waals surface area contributed by atoms with Crippen LogP contribution in [0, 0.1) is 6.92 Å². The molecule has 0 spiro atoms. The average molecular weight is 257 g/mol. The largest absolute Gasteiger partial charge is 0.399 e. The molecule has 0 aliphatic rings. The Kier molecular flexibility index (Phi) is 3.90. The van der Waals surface area contributed by atoms with Crippen molar-refractivity contribution in [3.05, 3.63) is 53.3 Å². The van der Waals surface area contributed by atoms with Gasteiger partial charge in [-0.15, -0.1) is 0 Å². The van der Waals surface area contributed by atoms with Gasteiger partial charge in [-0.25, -0.2) is 0 Å². The fraction of sp³-hybridized carbons (Fsp3) is 0.267. The van der Waals surface area contributed by atoms with E-state index in [4.69, 9.17) is 5.73 Å². The molecule has 1 aromatic heterocycles. The standard InChI is InChI=1S/C15H19N3O/c1-11-6-7-14(18(11)2)10-17-15(19)9-12-4-3-5-13(16)8-12/h3-8H,9-10,16H2,1-2H3,(H,17,19). The number of benzene rings is 1. The van der Waals surface area contributed by atoms with Crippen molar-refractivity contribution in [2.45, 2.75) is 19.9 Å². The van der Waals surface area contributed by atoms with Gasteiger partial charge in [-0.2, -0.15) is 0 Å². The second-order valence-electron chi connectivity index (χ2n) is 4.72. The Morgan fingerprint density at radius 1 is 1.32 bits per heavy atom. The Morgan fingerprint density at radius 2 is 2.11 bits per heavy atom. The van der Waals surface area contributed by atoms with E-state index in [-0.39, 0.29) is 5.91 Å². The van der Waals surface area contributed by atoms with Crippen LogP contribution in [0.15, 0.2) is 36.4 Å². The molecule has 0 aliphatic heterocycles. The lowest BCUT2D eigenvalue weighted by Gasteiger charge is -2.08. The molecule has 0 unspecified atom stereocenters. The number of hydrogen-bond donors (Lipinski definition) is 2. The summed E-state index contributed by atoms with van der Waals surface area (Å²) >= 11 is 0. The molecule has 100 valence electrons. The average Bonchev–Trinajstić information content (AvgIpc) is 2.68. The molecule has 0 radical (unpaired) electrons. The van der Waals surface area contributed by atoms with Gasteiger partial charge in [-0.3, -0.25) is 4.79 Å². The lowest BCUT2D eigenvalue weighted by atomic mass is 10.1. The minimum absolute atomic E-state index is 0.00412. The van der Waals surface area contributed by atoms with Crippen molar-refractivity contribution >= 4 is 11.6 Å². The summed E-state index contributed by atoms with van der Waals surface area (Å²) in [7, 11) is 1.99. The molecule has 4 heteroatoms. The van der Waals surface area contributed by atoms with Gasteiger partial charge < -0.3 is 15.6 Å². The van der Waals surface area contributed by atoms with E-state index in [9.17, 15) is 4.79 Å². The number of aromatic nitrogens is 1. The summed E-state index contributed by atoms with van der Waals surface area (Å²) in [6.07, 6.45) is 0.356. The van der Waals surface area contributed by atoms with Crippen molar-refractivity contribution in [2.24, 2.45) is 7.05 Å². The van der Waals surface area contributed by atoms with Crippen molar-refractivity contribution in [3.8, 4) is 0 Å². The van der Waals surface area contributed by atoms with Crippen LogP contribution in [0.4, 0.5) is 5.69 Å². The zero-order valence-corrected chi connectivity index (χ0v) is 11.3. The van der Waals surface area contributed by atoms with Crippen molar-refractivity contribution in [1.29, 1.82) is 0 Å². The molecular weight excluding hydrogens is 238 g/mol. The number of amides is 1. The minimum Gasteiger partial charge on any atom is -0.399 e. The van der Waals surface area contributed by atoms with E-state index in [0.717, 1.165) is 11.3 Å². The predicted octanol–water partition coefficient (Wildman–Crippen LogP) is 1.77. The molecule has 0 fully saturated rings. The first-order chi connectivity index (χ1) is 9.06. The molecule has 4 nitrogen and oxygen atoms in total. The van der Waals surface area contributed by atoms with Crippen molar-refractivity contribution in [2.75, 3.05) is 5.73 Å². The van der Waals surface area contributed by atoms with Crippen LogP contribution in [0.25, 0.3) is 0 Å². The highest BCUT2D eigenvalue weighted by Crippen LogP contribution is 2.08. The summed E-state index contributed by atoms with van der Waals surface area (Å²) in [6.45, 7) is 2.59. The molecule has 0 saturated carbocycles. The maximum atomic E-state index is 11.9. The van der Waals surface area contributed by atoms with Gasteiger partial charge in [0, 0.05) is 24.1 Å². The molecule has 0 saturated heterocycles. The molecule has 3 N–H and O–H groups in total. The van der Waals surface area contributed by atoms with Crippen LogP contribution in [-0.4, -0.2) is 10.5 Å². The molecular formula is C15H19N3O.